The highest BCUT2D eigenvalue weighted by Gasteiger charge is 2.21. The molecule has 0 amide bonds. The molecule has 0 bridgehead atoms. The zero-order valence-corrected chi connectivity index (χ0v) is 12.7. The number of carboxylic acid groups (broad SMARTS) is 1. The lowest BCUT2D eigenvalue weighted by Gasteiger charge is -2.08. The Morgan fingerprint density at radius 3 is 2.50 bits per heavy atom. The zero-order chi connectivity index (χ0) is 15.9. The van der Waals surface area contributed by atoms with Crippen LogP contribution < -0.4 is 0 Å². The second kappa shape index (κ2) is 5.15. The minimum Gasteiger partial charge on any atom is -0.478 e. The molecule has 22 heavy (non-hydrogen) atoms. The van der Waals surface area contributed by atoms with Crippen LogP contribution in [-0.4, -0.2) is 23.5 Å². The summed E-state index contributed by atoms with van der Waals surface area (Å²) in [4.78, 5) is 11.3. The molecule has 0 saturated carbocycles. The molecule has 1 heterocycles. The standard InChI is InChI=1S/C15H10ClNO4S/c16-10-3-1-4-11(9-10)22(20,21)17-8-7-12-13(15(18)19)5-2-6-14(12)17/h1-9H,(H,18,19). The first kappa shape index (κ1) is 14.6. The van der Waals surface area contributed by atoms with Crippen LogP contribution in [0.5, 0.6) is 0 Å². The van der Waals surface area contributed by atoms with Gasteiger partial charge in [0.05, 0.1) is 16.0 Å². The molecule has 1 N–H and O–H groups in total. The number of carbonyl (C=O) groups is 1. The molecule has 2 aromatic carbocycles. The summed E-state index contributed by atoms with van der Waals surface area (Å²) in [5, 5.41) is 9.84. The third kappa shape index (κ3) is 2.26. The van der Waals surface area contributed by atoms with E-state index in [2.05, 4.69) is 0 Å². The molecule has 0 radical (unpaired) electrons. The molecule has 0 aliphatic rings. The summed E-state index contributed by atoms with van der Waals surface area (Å²) >= 11 is 5.85. The van der Waals surface area contributed by atoms with Crippen molar-refractivity contribution in [1.29, 1.82) is 0 Å². The first-order valence-corrected chi connectivity index (χ1v) is 8.07. The lowest BCUT2D eigenvalue weighted by atomic mass is 10.1. The SMILES string of the molecule is O=C(O)c1cccc2c1ccn2S(=O)(=O)c1cccc(Cl)c1. The quantitative estimate of drug-likeness (QED) is 0.797. The molecule has 3 rings (SSSR count). The van der Waals surface area contributed by atoms with Crippen molar-refractivity contribution < 1.29 is 18.3 Å². The van der Waals surface area contributed by atoms with Crippen LogP contribution in [0.4, 0.5) is 0 Å². The van der Waals surface area contributed by atoms with Crippen LogP contribution in [0, 0.1) is 0 Å². The Kier molecular flexibility index (Phi) is 3.42. The molecule has 0 unspecified atom stereocenters. The number of aromatic carboxylic acids is 1. The van der Waals surface area contributed by atoms with Gasteiger partial charge in [-0.15, -0.1) is 0 Å². The molecule has 0 aliphatic heterocycles. The summed E-state index contributed by atoms with van der Waals surface area (Å²) in [6, 6.07) is 11.9. The van der Waals surface area contributed by atoms with Crippen molar-refractivity contribution in [3.8, 4) is 0 Å². The fourth-order valence-electron chi connectivity index (χ4n) is 2.28. The molecule has 3 aromatic rings. The minimum absolute atomic E-state index is 0.0400. The number of rotatable bonds is 3. The largest absolute Gasteiger partial charge is 0.478 e. The van der Waals surface area contributed by atoms with E-state index in [-0.39, 0.29) is 10.5 Å². The summed E-state index contributed by atoms with van der Waals surface area (Å²) < 4.78 is 26.5. The van der Waals surface area contributed by atoms with Crippen LogP contribution in [0.2, 0.25) is 5.02 Å². The van der Waals surface area contributed by atoms with Gasteiger partial charge in [0.15, 0.2) is 0 Å². The zero-order valence-electron chi connectivity index (χ0n) is 11.1. The second-order valence-corrected chi connectivity index (χ2v) is 6.87. The van der Waals surface area contributed by atoms with E-state index in [1.54, 1.807) is 18.2 Å². The fourth-order valence-corrected chi connectivity index (χ4v) is 3.93. The van der Waals surface area contributed by atoms with Crippen molar-refractivity contribution >= 4 is 38.5 Å². The average molecular weight is 336 g/mol. The number of carboxylic acids is 1. The molecule has 0 saturated heterocycles. The Morgan fingerprint density at radius 2 is 1.82 bits per heavy atom. The van der Waals surface area contributed by atoms with E-state index in [0.717, 1.165) is 3.97 Å². The van der Waals surface area contributed by atoms with E-state index in [1.807, 2.05) is 0 Å². The van der Waals surface area contributed by atoms with Crippen molar-refractivity contribution in [3.05, 3.63) is 65.3 Å². The lowest BCUT2D eigenvalue weighted by molar-refractivity contribution is 0.0699. The van der Waals surface area contributed by atoms with Crippen LogP contribution in [0.3, 0.4) is 0 Å². The molecule has 0 fully saturated rings. The van der Waals surface area contributed by atoms with Gasteiger partial charge in [0.2, 0.25) is 0 Å². The Bertz CT molecular complexity index is 992. The van der Waals surface area contributed by atoms with Gasteiger partial charge in [-0.1, -0.05) is 23.7 Å². The van der Waals surface area contributed by atoms with E-state index in [9.17, 15) is 18.3 Å². The van der Waals surface area contributed by atoms with Crippen LogP contribution in [0.1, 0.15) is 10.4 Å². The Balaban J connectivity index is 2.27. The molecule has 0 spiro atoms. The highest BCUT2D eigenvalue weighted by molar-refractivity contribution is 7.90. The monoisotopic (exact) mass is 335 g/mol. The molecule has 5 nitrogen and oxygen atoms in total. The number of halogens is 1. The molecule has 7 heteroatoms. The highest BCUT2D eigenvalue weighted by atomic mass is 35.5. The van der Waals surface area contributed by atoms with Crippen LogP contribution in [-0.2, 0) is 10.0 Å². The van der Waals surface area contributed by atoms with E-state index >= 15 is 0 Å². The Morgan fingerprint density at radius 1 is 1.09 bits per heavy atom. The molecule has 0 aliphatic carbocycles. The summed E-state index contributed by atoms with van der Waals surface area (Å²) in [5.41, 5.74) is 0.359. The molecular formula is C15H10ClNO4S. The molecule has 1 aromatic heterocycles. The van der Waals surface area contributed by atoms with Crippen LogP contribution >= 0.6 is 11.6 Å². The topological polar surface area (TPSA) is 76.4 Å². The lowest BCUT2D eigenvalue weighted by Crippen LogP contribution is -2.11. The fraction of sp³-hybridized carbons (Fsp3) is 0. The Hall–Kier alpha value is -2.31. The summed E-state index contributed by atoms with van der Waals surface area (Å²) in [6.07, 6.45) is 1.34. The van der Waals surface area contributed by atoms with E-state index < -0.39 is 16.0 Å². The normalized spacial score (nSPS) is 11.7. The summed E-state index contributed by atoms with van der Waals surface area (Å²) in [7, 11) is -3.85. The number of hydrogen-bond acceptors (Lipinski definition) is 3. The van der Waals surface area contributed by atoms with E-state index in [1.165, 1.54) is 36.5 Å². The number of hydrogen-bond donors (Lipinski definition) is 1. The van der Waals surface area contributed by atoms with Crippen molar-refractivity contribution in [3.63, 3.8) is 0 Å². The first-order valence-electron chi connectivity index (χ1n) is 6.26. The van der Waals surface area contributed by atoms with Crippen molar-refractivity contribution in [2.45, 2.75) is 4.90 Å². The van der Waals surface area contributed by atoms with Crippen molar-refractivity contribution in [1.82, 2.24) is 3.97 Å². The van der Waals surface area contributed by atoms with Crippen LogP contribution in [0.15, 0.2) is 59.6 Å². The third-order valence-corrected chi connectivity index (χ3v) is 5.20. The third-order valence-electron chi connectivity index (χ3n) is 3.28. The predicted molar refractivity (Wildman–Crippen MR) is 82.9 cm³/mol. The smallest absolute Gasteiger partial charge is 0.336 e. The van der Waals surface area contributed by atoms with Gasteiger partial charge < -0.3 is 5.11 Å². The number of nitrogens with zero attached hydrogens (tertiary/aromatic N) is 1. The molecule has 0 atom stereocenters. The van der Waals surface area contributed by atoms with E-state index in [0.29, 0.717) is 15.9 Å². The van der Waals surface area contributed by atoms with Crippen LogP contribution in [0.25, 0.3) is 10.9 Å². The van der Waals surface area contributed by atoms with Gasteiger partial charge >= 0.3 is 5.97 Å². The molecule has 112 valence electrons. The van der Waals surface area contributed by atoms with Gasteiger partial charge in [-0.3, -0.25) is 0 Å². The maximum atomic E-state index is 12.7. The van der Waals surface area contributed by atoms with Gasteiger partial charge in [0.25, 0.3) is 10.0 Å². The molecular weight excluding hydrogens is 326 g/mol. The van der Waals surface area contributed by atoms with Gasteiger partial charge in [0, 0.05) is 16.6 Å². The number of benzene rings is 2. The maximum Gasteiger partial charge on any atom is 0.336 e. The van der Waals surface area contributed by atoms with Crippen molar-refractivity contribution in [2.75, 3.05) is 0 Å². The number of fused-ring (bicyclic) bond motifs is 1. The average Bonchev–Trinajstić information content (AvgIpc) is 2.91. The first-order chi connectivity index (χ1) is 10.4. The van der Waals surface area contributed by atoms with Gasteiger partial charge in [-0.2, -0.15) is 0 Å². The van der Waals surface area contributed by atoms with Gasteiger partial charge in [-0.25, -0.2) is 17.2 Å². The summed E-state index contributed by atoms with van der Waals surface area (Å²) in [5.74, 6) is -1.11. The van der Waals surface area contributed by atoms with Gasteiger partial charge in [0.1, 0.15) is 0 Å². The maximum absolute atomic E-state index is 12.7. The predicted octanol–water partition coefficient (Wildman–Crippen LogP) is 3.23. The number of aromatic nitrogens is 1. The van der Waals surface area contributed by atoms with Gasteiger partial charge in [-0.05, 0) is 36.4 Å². The van der Waals surface area contributed by atoms with Crippen molar-refractivity contribution in [2.24, 2.45) is 0 Å². The highest BCUT2D eigenvalue weighted by Crippen LogP contribution is 2.26. The second-order valence-electron chi connectivity index (χ2n) is 4.62. The Labute approximate surface area is 131 Å². The minimum atomic E-state index is -3.85. The summed E-state index contributed by atoms with van der Waals surface area (Å²) in [6.45, 7) is 0. The van der Waals surface area contributed by atoms with E-state index in [4.69, 9.17) is 11.6 Å².